The summed E-state index contributed by atoms with van der Waals surface area (Å²) in [5.41, 5.74) is 1.70. The molecule has 27 heavy (non-hydrogen) atoms. The second-order valence-corrected chi connectivity index (χ2v) is 7.97. The average Bonchev–Trinajstić information content (AvgIpc) is 3.02. The van der Waals surface area contributed by atoms with Crippen LogP contribution in [0.1, 0.15) is 17.2 Å². The van der Waals surface area contributed by atoms with Gasteiger partial charge in [0.1, 0.15) is 16.4 Å². The number of thiazole rings is 1. The Morgan fingerprint density at radius 2 is 2.04 bits per heavy atom. The molecule has 5 nitrogen and oxygen atoms in total. The molecule has 0 unspecified atom stereocenters. The first-order valence-corrected chi connectivity index (χ1v) is 9.62. The predicted molar refractivity (Wildman–Crippen MR) is 108 cm³/mol. The smallest absolute Gasteiger partial charge is 0.321 e. The van der Waals surface area contributed by atoms with Crippen LogP contribution in [0.3, 0.4) is 0 Å². The van der Waals surface area contributed by atoms with Gasteiger partial charge in [0.05, 0.1) is 23.4 Å². The molecule has 0 saturated carbocycles. The SMILES string of the molecule is COc1ccc2nc(NC(=O)N[C@@H](c3ccc(C)c(F)c3)C(Cl)Cl)sc2c1. The standard InChI is InChI=1S/C18H16Cl2FN3O2S/c1-9-3-4-10(7-12(9)21)15(16(19)20)23-17(25)24-18-22-13-6-5-11(26-2)8-14(13)27-18/h3-8,15-16H,1-2H3,(H2,22,23,24,25)/t15-/m0/s1. The van der Waals surface area contributed by atoms with Crippen LogP contribution in [0.25, 0.3) is 10.2 Å². The van der Waals surface area contributed by atoms with Gasteiger partial charge < -0.3 is 10.1 Å². The number of carbonyl (C=O) groups is 1. The first-order chi connectivity index (χ1) is 12.9. The first kappa shape index (κ1) is 19.7. The molecule has 1 heterocycles. The number of hydrogen-bond acceptors (Lipinski definition) is 4. The second-order valence-electron chi connectivity index (χ2n) is 5.77. The number of anilines is 1. The van der Waals surface area contributed by atoms with E-state index < -0.39 is 22.7 Å². The zero-order chi connectivity index (χ0) is 19.6. The molecule has 3 rings (SSSR count). The number of nitrogens with zero attached hydrogens (tertiary/aromatic N) is 1. The zero-order valence-corrected chi connectivity index (χ0v) is 16.8. The van der Waals surface area contributed by atoms with Crippen LogP contribution in [0.5, 0.6) is 5.75 Å². The van der Waals surface area contributed by atoms with E-state index in [1.807, 2.05) is 6.07 Å². The molecule has 2 aromatic carbocycles. The summed E-state index contributed by atoms with van der Waals surface area (Å²) in [6.45, 7) is 1.65. The number of aryl methyl sites for hydroxylation is 1. The fourth-order valence-electron chi connectivity index (χ4n) is 2.45. The van der Waals surface area contributed by atoms with Crippen LogP contribution in [0.15, 0.2) is 36.4 Å². The largest absolute Gasteiger partial charge is 0.497 e. The summed E-state index contributed by atoms with van der Waals surface area (Å²) in [4.78, 5) is 15.7. The van der Waals surface area contributed by atoms with E-state index in [1.165, 1.54) is 17.4 Å². The fourth-order valence-corrected chi connectivity index (χ4v) is 3.76. The first-order valence-electron chi connectivity index (χ1n) is 7.93. The van der Waals surface area contributed by atoms with Crippen molar-refractivity contribution in [2.45, 2.75) is 17.8 Å². The van der Waals surface area contributed by atoms with E-state index in [-0.39, 0.29) is 0 Å². The number of methoxy groups -OCH3 is 1. The Kier molecular flexibility index (Phi) is 6.04. The topological polar surface area (TPSA) is 63.2 Å². The fraction of sp³-hybridized carbons (Fsp3) is 0.222. The van der Waals surface area contributed by atoms with E-state index in [4.69, 9.17) is 27.9 Å². The van der Waals surface area contributed by atoms with Crippen molar-refractivity contribution in [1.29, 1.82) is 0 Å². The third-order valence-electron chi connectivity index (χ3n) is 3.91. The number of halogens is 3. The minimum absolute atomic E-state index is 0.395. The maximum absolute atomic E-state index is 13.8. The Morgan fingerprint density at radius 3 is 2.70 bits per heavy atom. The predicted octanol–water partition coefficient (Wildman–Crippen LogP) is 5.42. The lowest BCUT2D eigenvalue weighted by Crippen LogP contribution is -2.35. The van der Waals surface area contributed by atoms with Gasteiger partial charge in [0.2, 0.25) is 0 Å². The lowest BCUT2D eigenvalue weighted by molar-refractivity contribution is 0.249. The summed E-state index contributed by atoms with van der Waals surface area (Å²) in [5.74, 6) is 0.310. The zero-order valence-electron chi connectivity index (χ0n) is 14.4. The van der Waals surface area contributed by atoms with Gasteiger partial charge in [-0.1, -0.05) is 23.5 Å². The van der Waals surface area contributed by atoms with Crippen LogP contribution in [0, 0.1) is 12.7 Å². The van der Waals surface area contributed by atoms with Crippen molar-refractivity contribution in [3.8, 4) is 5.75 Å². The van der Waals surface area contributed by atoms with Crippen LogP contribution < -0.4 is 15.4 Å². The number of aromatic nitrogens is 1. The van der Waals surface area contributed by atoms with Crippen molar-refractivity contribution in [2.24, 2.45) is 0 Å². The average molecular weight is 428 g/mol. The van der Waals surface area contributed by atoms with Crippen molar-refractivity contribution in [1.82, 2.24) is 10.3 Å². The molecule has 1 aromatic heterocycles. The molecular formula is C18H16Cl2FN3O2S. The Bertz CT molecular complexity index is 980. The third kappa shape index (κ3) is 4.61. The number of alkyl halides is 2. The number of benzene rings is 2. The molecular weight excluding hydrogens is 412 g/mol. The third-order valence-corrected chi connectivity index (χ3v) is 5.35. The van der Waals surface area contributed by atoms with Gasteiger partial charge in [-0.05, 0) is 42.3 Å². The number of urea groups is 1. The lowest BCUT2D eigenvalue weighted by atomic mass is 10.1. The maximum atomic E-state index is 13.8. The van der Waals surface area contributed by atoms with Gasteiger partial charge in [-0.25, -0.2) is 14.2 Å². The van der Waals surface area contributed by atoms with E-state index in [2.05, 4.69) is 15.6 Å². The van der Waals surface area contributed by atoms with Crippen molar-refractivity contribution in [3.05, 3.63) is 53.3 Å². The molecule has 9 heteroatoms. The molecule has 0 saturated heterocycles. The van der Waals surface area contributed by atoms with Gasteiger partial charge in [0.25, 0.3) is 0 Å². The molecule has 2 N–H and O–H groups in total. The quantitative estimate of drug-likeness (QED) is 0.534. The number of hydrogen-bond donors (Lipinski definition) is 2. The van der Waals surface area contributed by atoms with Crippen molar-refractivity contribution < 1.29 is 13.9 Å². The van der Waals surface area contributed by atoms with Gasteiger partial charge >= 0.3 is 6.03 Å². The number of fused-ring (bicyclic) bond motifs is 1. The molecule has 0 spiro atoms. The molecule has 0 aliphatic rings. The molecule has 0 aliphatic heterocycles. The van der Waals surface area contributed by atoms with Gasteiger partial charge in [-0.3, -0.25) is 5.32 Å². The van der Waals surface area contributed by atoms with Crippen molar-refractivity contribution in [2.75, 3.05) is 12.4 Å². The number of amides is 2. The summed E-state index contributed by atoms with van der Waals surface area (Å²) in [6.07, 6.45) is 0. The van der Waals surface area contributed by atoms with Crippen LogP contribution in [0.2, 0.25) is 0 Å². The van der Waals surface area contributed by atoms with E-state index in [9.17, 15) is 9.18 Å². The summed E-state index contributed by atoms with van der Waals surface area (Å²) in [5, 5.41) is 5.72. The summed E-state index contributed by atoms with van der Waals surface area (Å²) in [7, 11) is 1.58. The van der Waals surface area contributed by atoms with Gasteiger partial charge in [-0.15, -0.1) is 23.2 Å². The number of rotatable bonds is 5. The molecule has 0 bridgehead atoms. The second kappa shape index (κ2) is 8.29. The number of carbonyl (C=O) groups excluding carboxylic acids is 1. The Labute approximate surface area is 169 Å². The minimum Gasteiger partial charge on any atom is -0.497 e. The lowest BCUT2D eigenvalue weighted by Gasteiger charge is -2.20. The Balaban J connectivity index is 1.75. The highest BCUT2D eigenvalue weighted by Crippen LogP contribution is 2.30. The highest BCUT2D eigenvalue weighted by Gasteiger charge is 2.23. The molecule has 142 valence electrons. The summed E-state index contributed by atoms with van der Waals surface area (Å²) < 4.78 is 19.9. The van der Waals surface area contributed by atoms with Crippen LogP contribution in [-0.4, -0.2) is 23.0 Å². The normalized spacial score (nSPS) is 12.2. The van der Waals surface area contributed by atoms with E-state index in [0.29, 0.717) is 22.0 Å². The molecule has 0 fully saturated rings. The molecule has 0 radical (unpaired) electrons. The molecule has 3 aromatic rings. The van der Waals surface area contributed by atoms with Crippen LogP contribution in [0.4, 0.5) is 14.3 Å². The van der Waals surface area contributed by atoms with E-state index in [1.54, 1.807) is 38.3 Å². The minimum atomic E-state index is -0.961. The number of ether oxygens (including phenoxy) is 1. The van der Waals surface area contributed by atoms with E-state index >= 15 is 0 Å². The monoisotopic (exact) mass is 427 g/mol. The van der Waals surface area contributed by atoms with Crippen LogP contribution >= 0.6 is 34.5 Å². The summed E-state index contributed by atoms with van der Waals surface area (Å²) >= 11 is 13.3. The van der Waals surface area contributed by atoms with Gasteiger partial charge in [-0.2, -0.15) is 0 Å². The highest BCUT2D eigenvalue weighted by molar-refractivity contribution is 7.22. The van der Waals surface area contributed by atoms with E-state index in [0.717, 1.165) is 10.2 Å². The van der Waals surface area contributed by atoms with Crippen molar-refractivity contribution >= 4 is 55.9 Å². The molecule has 1 atom stereocenters. The van der Waals surface area contributed by atoms with Crippen LogP contribution in [-0.2, 0) is 0 Å². The van der Waals surface area contributed by atoms with Crippen molar-refractivity contribution in [3.63, 3.8) is 0 Å². The van der Waals surface area contributed by atoms with Gasteiger partial charge in [0, 0.05) is 0 Å². The number of nitrogens with one attached hydrogen (secondary N) is 2. The highest BCUT2D eigenvalue weighted by atomic mass is 35.5. The summed E-state index contributed by atoms with van der Waals surface area (Å²) in [6, 6.07) is 8.69. The molecule has 2 amide bonds. The Hall–Kier alpha value is -2.09. The molecule has 0 aliphatic carbocycles. The maximum Gasteiger partial charge on any atom is 0.321 e. The Morgan fingerprint density at radius 1 is 1.26 bits per heavy atom. The van der Waals surface area contributed by atoms with Gasteiger partial charge in [0.15, 0.2) is 5.13 Å².